The van der Waals surface area contributed by atoms with Gasteiger partial charge in [0, 0.05) is 11.5 Å². The summed E-state index contributed by atoms with van der Waals surface area (Å²) in [5.41, 5.74) is 0.168. The minimum Gasteiger partial charge on any atom is -0.459 e. The quantitative estimate of drug-likeness (QED) is 0.557. The van der Waals surface area contributed by atoms with Gasteiger partial charge in [-0.1, -0.05) is 34.3 Å². The third kappa shape index (κ3) is 2.80. The lowest BCUT2D eigenvalue weighted by Gasteiger charge is -2.54. The summed E-state index contributed by atoms with van der Waals surface area (Å²) in [5.74, 6) is 2.79. The lowest BCUT2D eigenvalue weighted by atomic mass is 9.53. The summed E-state index contributed by atoms with van der Waals surface area (Å²) < 4.78 is 5.70. The minimum absolute atomic E-state index is 0.0855. The van der Waals surface area contributed by atoms with Crippen molar-refractivity contribution in [3.63, 3.8) is 0 Å². The first-order valence-corrected chi connectivity index (χ1v) is 8.21. The predicted octanol–water partition coefficient (Wildman–Crippen LogP) is 4.59. The highest BCUT2D eigenvalue weighted by Crippen LogP contribution is 2.55. The molecule has 0 N–H and O–H groups in total. The van der Waals surface area contributed by atoms with Crippen molar-refractivity contribution in [2.75, 3.05) is 0 Å². The molecular weight excluding hydrogens is 248 g/mol. The topological polar surface area (TPSA) is 26.3 Å². The van der Waals surface area contributed by atoms with Crippen molar-refractivity contribution in [2.24, 2.45) is 29.1 Å². The molecule has 2 fully saturated rings. The summed E-state index contributed by atoms with van der Waals surface area (Å²) in [6.45, 7) is 13.0. The van der Waals surface area contributed by atoms with E-state index in [4.69, 9.17) is 4.74 Å². The van der Waals surface area contributed by atoms with Crippen LogP contribution >= 0.6 is 0 Å². The predicted molar refractivity (Wildman–Crippen MR) is 82.3 cm³/mol. The number of rotatable bonds is 3. The SMILES string of the molecule is C=CC(=O)OC1CC[C@H](C)[C@@H]2C[C@H](C(C)C)CC[C@@]12C. The molecule has 0 radical (unpaired) electrons. The van der Waals surface area contributed by atoms with E-state index in [1.807, 2.05) is 0 Å². The molecule has 2 aliphatic rings. The lowest BCUT2D eigenvalue weighted by Crippen LogP contribution is -2.51. The van der Waals surface area contributed by atoms with Crippen molar-refractivity contribution in [2.45, 2.75) is 65.9 Å². The normalized spacial score (nSPS) is 41.0. The Morgan fingerprint density at radius 1 is 1.35 bits per heavy atom. The van der Waals surface area contributed by atoms with E-state index in [0.717, 1.165) is 24.2 Å². The molecule has 0 aromatic carbocycles. The molecule has 2 rings (SSSR count). The van der Waals surface area contributed by atoms with Crippen LogP contribution in [-0.2, 0) is 9.53 Å². The van der Waals surface area contributed by atoms with Gasteiger partial charge in [-0.25, -0.2) is 4.79 Å². The fourth-order valence-corrected chi connectivity index (χ4v) is 4.61. The van der Waals surface area contributed by atoms with Crippen LogP contribution in [0.25, 0.3) is 0 Å². The highest BCUT2D eigenvalue weighted by Gasteiger charge is 2.51. The number of fused-ring (bicyclic) bond motifs is 1. The van der Waals surface area contributed by atoms with Crippen molar-refractivity contribution in [3.05, 3.63) is 12.7 Å². The standard InChI is InChI=1S/C18H30O2/c1-6-17(19)20-16-8-7-13(4)15-11-14(12(2)3)9-10-18(15,16)5/h6,12-16H,1,7-11H2,2-5H3/t13-,14+,15-,16?,18+/m0/s1. The summed E-state index contributed by atoms with van der Waals surface area (Å²) in [7, 11) is 0. The van der Waals surface area contributed by atoms with Crippen LogP contribution in [0.1, 0.15) is 59.8 Å². The molecule has 1 unspecified atom stereocenters. The summed E-state index contributed by atoms with van der Waals surface area (Å²) in [6, 6.07) is 0. The second-order valence-electron chi connectivity index (χ2n) is 7.58. The summed E-state index contributed by atoms with van der Waals surface area (Å²) in [4.78, 5) is 11.6. The molecular formula is C18H30O2. The van der Waals surface area contributed by atoms with Gasteiger partial charge in [0.15, 0.2) is 0 Å². The second kappa shape index (κ2) is 5.91. The van der Waals surface area contributed by atoms with Crippen LogP contribution in [0.4, 0.5) is 0 Å². The molecule has 0 saturated heterocycles. The molecule has 0 spiro atoms. The minimum atomic E-state index is -0.254. The Bertz CT molecular complexity index is 374. The van der Waals surface area contributed by atoms with Crippen molar-refractivity contribution >= 4 is 5.97 Å². The molecule has 0 aliphatic heterocycles. The van der Waals surface area contributed by atoms with Gasteiger partial charge in [0.25, 0.3) is 0 Å². The zero-order valence-electron chi connectivity index (χ0n) is 13.5. The van der Waals surface area contributed by atoms with Gasteiger partial charge in [0.05, 0.1) is 0 Å². The van der Waals surface area contributed by atoms with E-state index in [1.165, 1.54) is 31.8 Å². The maximum Gasteiger partial charge on any atom is 0.330 e. The van der Waals surface area contributed by atoms with E-state index < -0.39 is 0 Å². The molecule has 2 aliphatic carbocycles. The molecule has 5 atom stereocenters. The van der Waals surface area contributed by atoms with E-state index in [-0.39, 0.29) is 17.5 Å². The number of ether oxygens (including phenoxy) is 1. The van der Waals surface area contributed by atoms with E-state index >= 15 is 0 Å². The number of carbonyl (C=O) groups is 1. The Labute approximate surface area is 124 Å². The highest BCUT2D eigenvalue weighted by atomic mass is 16.5. The highest BCUT2D eigenvalue weighted by molar-refractivity contribution is 5.81. The van der Waals surface area contributed by atoms with E-state index in [9.17, 15) is 4.79 Å². The molecule has 114 valence electrons. The Morgan fingerprint density at radius 2 is 2.05 bits per heavy atom. The fraction of sp³-hybridized carbons (Fsp3) is 0.833. The molecule has 0 aromatic heterocycles. The molecule has 0 heterocycles. The zero-order valence-corrected chi connectivity index (χ0v) is 13.5. The lowest BCUT2D eigenvalue weighted by molar-refractivity contribution is -0.166. The van der Waals surface area contributed by atoms with Gasteiger partial charge < -0.3 is 4.74 Å². The molecule has 2 saturated carbocycles. The molecule has 20 heavy (non-hydrogen) atoms. The summed E-state index contributed by atoms with van der Waals surface area (Å²) in [6.07, 6.45) is 7.36. The maximum atomic E-state index is 11.6. The van der Waals surface area contributed by atoms with Crippen LogP contribution in [-0.4, -0.2) is 12.1 Å². The Balaban J connectivity index is 2.16. The van der Waals surface area contributed by atoms with Crippen molar-refractivity contribution in [3.8, 4) is 0 Å². The molecule has 0 aromatic rings. The van der Waals surface area contributed by atoms with Crippen LogP contribution in [0, 0.1) is 29.1 Å². The van der Waals surface area contributed by atoms with Crippen LogP contribution in [0.15, 0.2) is 12.7 Å². The first kappa shape index (κ1) is 15.6. The van der Waals surface area contributed by atoms with Gasteiger partial charge in [0.1, 0.15) is 6.10 Å². The molecule has 2 heteroatoms. The third-order valence-electron chi connectivity index (χ3n) is 6.13. The van der Waals surface area contributed by atoms with E-state index in [2.05, 4.69) is 34.3 Å². The monoisotopic (exact) mass is 278 g/mol. The zero-order chi connectivity index (χ0) is 14.9. The smallest absolute Gasteiger partial charge is 0.330 e. The Morgan fingerprint density at radius 3 is 2.65 bits per heavy atom. The summed E-state index contributed by atoms with van der Waals surface area (Å²) in [5, 5.41) is 0. The van der Waals surface area contributed by atoms with E-state index in [0.29, 0.717) is 5.92 Å². The third-order valence-corrected chi connectivity index (χ3v) is 6.13. The van der Waals surface area contributed by atoms with Crippen molar-refractivity contribution in [1.82, 2.24) is 0 Å². The van der Waals surface area contributed by atoms with Crippen molar-refractivity contribution in [1.29, 1.82) is 0 Å². The Hall–Kier alpha value is -0.790. The van der Waals surface area contributed by atoms with Gasteiger partial charge >= 0.3 is 5.97 Å². The summed E-state index contributed by atoms with van der Waals surface area (Å²) >= 11 is 0. The second-order valence-corrected chi connectivity index (χ2v) is 7.58. The van der Waals surface area contributed by atoms with Crippen molar-refractivity contribution < 1.29 is 9.53 Å². The van der Waals surface area contributed by atoms with Gasteiger partial charge in [0.2, 0.25) is 0 Å². The first-order chi connectivity index (χ1) is 9.38. The number of esters is 1. The van der Waals surface area contributed by atoms with Crippen LogP contribution in [0.5, 0.6) is 0 Å². The van der Waals surface area contributed by atoms with Gasteiger partial charge in [-0.15, -0.1) is 0 Å². The van der Waals surface area contributed by atoms with Gasteiger partial charge in [-0.05, 0) is 55.8 Å². The number of carbonyl (C=O) groups excluding carboxylic acids is 1. The fourth-order valence-electron chi connectivity index (χ4n) is 4.61. The number of hydrogen-bond acceptors (Lipinski definition) is 2. The van der Waals surface area contributed by atoms with Crippen LogP contribution < -0.4 is 0 Å². The molecule has 0 bridgehead atoms. The number of hydrogen-bond donors (Lipinski definition) is 0. The van der Waals surface area contributed by atoms with Gasteiger partial charge in [-0.3, -0.25) is 0 Å². The van der Waals surface area contributed by atoms with Gasteiger partial charge in [-0.2, -0.15) is 0 Å². The van der Waals surface area contributed by atoms with Crippen LogP contribution in [0.3, 0.4) is 0 Å². The first-order valence-electron chi connectivity index (χ1n) is 8.21. The Kier molecular flexibility index (Phi) is 4.61. The van der Waals surface area contributed by atoms with Crippen LogP contribution in [0.2, 0.25) is 0 Å². The molecule has 0 amide bonds. The van der Waals surface area contributed by atoms with E-state index in [1.54, 1.807) is 0 Å². The average Bonchev–Trinajstić information content (AvgIpc) is 2.41. The average molecular weight is 278 g/mol. The largest absolute Gasteiger partial charge is 0.459 e. The molecule has 2 nitrogen and oxygen atoms in total. The maximum absolute atomic E-state index is 11.6.